The molecule has 0 radical (unpaired) electrons. The molecule has 1 saturated heterocycles. The van der Waals surface area contributed by atoms with Crippen molar-refractivity contribution in [3.05, 3.63) is 65.7 Å². The Kier molecular flexibility index (Phi) is 8.83. The van der Waals surface area contributed by atoms with Crippen molar-refractivity contribution in [1.82, 2.24) is 15.1 Å². The summed E-state index contributed by atoms with van der Waals surface area (Å²) in [5, 5.41) is 2.52. The predicted octanol–water partition coefficient (Wildman–Crippen LogP) is 2.09. The number of carbonyl (C=O) groups excluding carboxylic acids is 3. The van der Waals surface area contributed by atoms with Crippen LogP contribution in [-0.4, -0.2) is 73.0 Å². The average molecular weight is 454 g/mol. The molecule has 1 heterocycles. The maximum absolute atomic E-state index is 12.7. The lowest BCUT2D eigenvalue weighted by molar-refractivity contribution is -0.159. The van der Waals surface area contributed by atoms with Crippen LogP contribution in [0.1, 0.15) is 29.8 Å². The van der Waals surface area contributed by atoms with E-state index >= 15 is 0 Å². The smallest absolute Gasteiger partial charge is 0.326 e. The van der Waals surface area contributed by atoms with Crippen LogP contribution >= 0.6 is 0 Å². The predicted molar refractivity (Wildman–Crippen MR) is 124 cm³/mol. The van der Waals surface area contributed by atoms with E-state index in [1.54, 1.807) is 36.1 Å². The first-order valence-corrected chi connectivity index (χ1v) is 11.2. The van der Waals surface area contributed by atoms with E-state index in [0.29, 0.717) is 31.0 Å². The highest BCUT2D eigenvalue weighted by atomic mass is 16.5. The molecule has 33 heavy (non-hydrogen) atoms. The molecule has 3 rings (SSSR count). The van der Waals surface area contributed by atoms with E-state index in [4.69, 9.17) is 9.47 Å². The minimum atomic E-state index is -0.902. The van der Waals surface area contributed by atoms with Crippen molar-refractivity contribution < 1.29 is 23.9 Å². The van der Waals surface area contributed by atoms with Gasteiger partial charge in [-0.3, -0.25) is 19.3 Å². The quantitative estimate of drug-likeness (QED) is 0.585. The van der Waals surface area contributed by atoms with E-state index in [0.717, 1.165) is 19.6 Å². The Morgan fingerprint density at radius 2 is 1.64 bits per heavy atom. The lowest BCUT2D eigenvalue weighted by Gasteiger charge is -2.35. The molecule has 0 unspecified atom stereocenters. The van der Waals surface area contributed by atoms with Crippen molar-refractivity contribution in [2.45, 2.75) is 26.5 Å². The molecule has 2 aromatic rings. The lowest BCUT2D eigenvalue weighted by atomic mass is 10.2. The number of hydrogen-bond acceptors (Lipinski definition) is 6. The Labute approximate surface area is 194 Å². The fourth-order valence-corrected chi connectivity index (χ4v) is 3.64. The van der Waals surface area contributed by atoms with Gasteiger partial charge in [-0.25, -0.2) is 0 Å². The van der Waals surface area contributed by atoms with Crippen LogP contribution in [-0.2, 0) is 20.9 Å². The number of hydrogen-bond donors (Lipinski definition) is 1. The monoisotopic (exact) mass is 453 g/mol. The number of nitrogens with zero attached hydrogens (tertiary/aromatic N) is 2. The fourth-order valence-electron chi connectivity index (χ4n) is 3.64. The van der Waals surface area contributed by atoms with Gasteiger partial charge in [0.1, 0.15) is 12.3 Å². The molecule has 1 aliphatic heterocycles. The number of esters is 1. The molecule has 1 atom stereocenters. The number of piperazine rings is 1. The van der Waals surface area contributed by atoms with E-state index in [-0.39, 0.29) is 12.5 Å². The molecule has 0 spiro atoms. The normalized spacial score (nSPS) is 14.9. The van der Waals surface area contributed by atoms with Crippen LogP contribution in [0.5, 0.6) is 5.75 Å². The van der Waals surface area contributed by atoms with E-state index in [9.17, 15) is 14.4 Å². The summed E-state index contributed by atoms with van der Waals surface area (Å²) in [6, 6.07) is 16.8. The maximum Gasteiger partial charge on any atom is 0.326 e. The van der Waals surface area contributed by atoms with Gasteiger partial charge >= 0.3 is 5.97 Å². The summed E-state index contributed by atoms with van der Waals surface area (Å²) in [7, 11) is 0. The van der Waals surface area contributed by atoms with Gasteiger partial charge < -0.3 is 19.7 Å². The second-order valence-electron chi connectivity index (χ2n) is 7.86. The summed E-state index contributed by atoms with van der Waals surface area (Å²) >= 11 is 0. The highest BCUT2D eigenvalue weighted by Gasteiger charge is 2.27. The van der Waals surface area contributed by atoms with Crippen LogP contribution in [0.4, 0.5) is 0 Å². The first kappa shape index (κ1) is 24.3. The Morgan fingerprint density at radius 3 is 2.27 bits per heavy atom. The topological polar surface area (TPSA) is 88.2 Å². The average Bonchev–Trinajstić information content (AvgIpc) is 2.84. The van der Waals surface area contributed by atoms with Gasteiger partial charge in [-0.05, 0) is 43.7 Å². The molecule has 1 N–H and O–H groups in total. The number of ether oxygens (including phenoxy) is 2. The highest BCUT2D eigenvalue weighted by molar-refractivity contribution is 5.96. The van der Waals surface area contributed by atoms with Crippen molar-refractivity contribution in [2.75, 3.05) is 39.3 Å². The minimum Gasteiger partial charge on any atom is -0.494 e. The van der Waals surface area contributed by atoms with Crippen molar-refractivity contribution in [2.24, 2.45) is 0 Å². The summed E-state index contributed by atoms with van der Waals surface area (Å²) in [5.41, 5.74) is 1.65. The van der Waals surface area contributed by atoms with Gasteiger partial charge in [0.05, 0.1) is 6.61 Å². The molecule has 2 amide bonds. The summed E-state index contributed by atoms with van der Waals surface area (Å²) < 4.78 is 10.6. The first-order chi connectivity index (χ1) is 16.0. The van der Waals surface area contributed by atoms with E-state index in [2.05, 4.69) is 22.3 Å². The number of rotatable bonds is 9. The molecule has 0 aromatic heterocycles. The third-order valence-corrected chi connectivity index (χ3v) is 5.41. The third kappa shape index (κ3) is 7.32. The standard InChI is InChI=1S/C25H31N3O5/c1-3-32-22-11-9-21(10-12-22)24(30)26-17-23(29)33-19(2)25(31)28-15-13-27(14-16-28)18-20-7-5-4-6-8-20/h4-12,19H,3,13-18H2,1-2H3,(H,26,30)/t19-/m0/s1. The number of carbonyl (C=O) groups is 3. The molecule has 1 aliphatic rings. The van der Waals surface area contributed by atoms with E-state index in [1.807, 2.05) is 25.1 Å². The second kappa shape index (κ2) is 12.0. The summed E-state index contributed by atoms with van der Waals surface area (Å²) in [5.74, 6) is -0.608. The Morgan fingerprint density at radius 1 is 0.970 bits per heavy atom. The van der Waals surface area contributed by atoms with Gasteiger partial charge in [0, 0.05) is 38.3 Å². The molecular weight excluding hydrogens is 422 g/mol. The van der Waals surface area contributed by atoms with Crippen LogP contribution in [0.3, 0.4) is 0 Å². The van der Waals surface area contributed by atoms with Crippen molar-refractivity contribution in [1.29, 1.82) is 0 Å². The van der Waals surface area contributed by atoms with Crippen molar-refractivity contribution in [3.63, 3.8) is 0 Å². The number of benzene rings is 2. The molecule has 2 aromatic carbocycles. The zero-order valence-corrected chi connectivity index (χ0v) is 19.2. The van der Waals surface area contributed by atoms with Crippen LogP contribution in [0.2, 0.25) is 0 Å². The Hall–Kier alpha value is -3.39. The SMILES string of the molecule is CCOc1ccc(C(=O)NCC(=O)O[C@@H](C)C(=O)N2CCN(Cc3ccccc3)CC2)cc1. The maximum atomic E-state index is 12.7. The zero-order valence-electron chi connectivity index (χ0n) is 19.2. The third-order valence-electron chi connectivity index (χ3n) is 5.41. The fraction of sp³-hybridized carbons (Fsp3) is 0.400. The molecule has 0 saturated carbocycles. The molecular formula is C25H31N3O5. The lowest BCUT2D eigenvalue weighted by Crippen LogP contribution is -2.51. The molecule has 176 valence electrons. The molecule has 0 aliphatic carbocycles. The molecule has 1 fully saturated rings. The van der Waals surface area contributed by atoms with Crippen LogP contribution in [0.25, 0.3) is 0 Å². The van der Waals surface area contributed by atoms with Gasteiger partial charge in [-0.15, -0.1) is 0 Å². The molecule has 8 nitrogen and oxygen atoms in total. The number of nitrogens with one attached hydrogen (secondary N) is 1. The van der Waals surface area contributed by atoms with Crippen LogP contribution in [0.15, 0.2) is 54.6 Å². The zero-order chi connectivity index (χ0) is 23.6. The van der Waals surface area contributed by atoms with Gasteiger partial charge in [0.15, 0.2) is 6.10 Å². The summed E-state index contributed by atoms with van der Waals surface area (Å²) in [6.45, 7) is 7.21. The van der Waals surface area contributed by atoms with E-state index in [1.165, 1.54) is 5.56 Å². The first-order valence-electron chi connectivity index (χ1n) is 11.2. The largest absolute Gasteiger partial charge is 0.494 e. The van der Waals surface area contributed by atoms with Crippen LogP contribution < -0.4 is 10.1 Å². The molecule has 0 bridgehead atoms. The van der Waals surface area contributed by atoms with Gasteiger partial charge in [0.25, 0.3) is 11.8 Å². The summed E-state index contributed by atoms with van der Waals surface area (Å²) in [4.78, 5) is 41.0. The van der Waals surface area contributed by atoms with E-state index < -0.39 is 18.0 Å². The van der Waals surface area contributed by atoms with Gasteiger partial charge in [0.2, 0.25) is 0 Å². The second-order valence-corrected chi connectivity index (χ2v) is 7.86. The van der Waals surface area contributed by atoms with Gasteiger partial charge in [-0.1, -0.05) is 30.3 Å². The van der Waals surface area contributed by atoms with Gasteiger partial charge in [-0.2, -0.15) is 0 Å². The molecule has 8 heteroatoms. The number of amides is 2. The van der Waals surface area contributed by atoms with Crippen molar-refractivity contribution in [3.8, 4) is 5.75 Å². The highest BCUT2D eigenvalue weighted by Crippen LogP contribution is 2.12. The van der Waals surface area contributed by atoms with Crippen molar-refractivity contribution >= 4 is 17.8 Å². The Bertz CT molecular complexity index is 925. The van der Waals surface area contributed by atoms with Crippen LogP contribution in [0, 0.1) is 0 Å². The minimum absolute atomic E-state index is 0.222. The Balaban J connectivity index is 1.38. The summed E-state index contributed by atoms with van der Waals surface area (Å²) in [6.07, 6.45) is -0.902.